The molecule has 1 aliphatic rings. The van der Waals surface area contributed by atoms with Crippen LogP contribution >= 0.6 is 0 Å². The summed E-state index contributed by atoms with van der Waals surface area (Å²) in [4.78, 5) is 0. The van der Waals surface area contributed by atoms with Crippen molar-refractivity contribution in [2.75, 3.05) is 0 Å². The molecule has 0 aromatic heterocycles. The van der Waals surface area contributed by atoms with Crippen LogP contribution in [0.3, 0.4) is 0 Å². The van der Waals surface area contributed by atoms with Gasteiger partial charge in [-0.05, 0) is 60.4 Å². The average Bonchev–Trinajstić information content (AvgIpc) is 2.81. The number of hydrogen-bond acceptors (Lipinski definition) is 5. The third-order valence-corrected chi connectivity index (χ3v) is 32.9. The zero-order valence-electron chi connectivity index (χ0n) is 21.6. The van der Waals surface area contributed by atoms with Gasteiger partial charge in [-0.2, -0.15) is 0 Å². The zero-order valence-corrected chi connectivity index (χ0v) is 26.6. The maximum atomic E-state index is 7.21. The molecule has 30 heavy (non-hydrogen) atoms. The van der Waals surface area contributed by atoms with Gasteiger partial charge in [0.15, 0.2) is 0 Å². The quantitative estimate of drug-likeness (QED) is 0.285. The van der Waals surface area contributed by atoms with Crippen LogP contribution in [0.2, 0.25) is 60.4 Å². The highest BCUT2D eigenvalue weighted by atomic mass is 28.5. The van der Waals surface area contributed by atoms with Gasteiger partial charge in [0, 0.05) is 0 Å². The summed E-state index contributed by atoms with van der Waals surface area (Å²) in [6, 6.07) is 9.59. The predicted octanol–water partition coefficient (Wildman–Crippen LogP) is 7.49. The van der Waals surface area contributed by atoms with Crippen LogP contribution in [0.15, 0.2) is 0 Å². The van der Waals surface area contributed by atoms with Gasteiger partial charge in [-0.3, -0.25) is 0 Å². The fourth-order valence-electron chi connectivity index (χ4n) is 4.49. The van der Waals surface area contributed by atoms with Crippen LogP contribution in [0.5, 0.6) is 0 Å². The van der Waals surface area contributed by atoms with E-state index < -0.39 is 42.8 Å². The second-order valence-corrected chi connectivity index (χ2v) is 28.9. The topological polar surface area (TPSA) is 46.2 Å². The van der Waals surface area contributed by atoms with E-state index in [2.05, 4.69) is 69.2 Å². The smallest absolute Gasteiger partial charge is 0.320 e. The van der Waals surface area contributed by atoms with Crippen LogP contribution in [0.4, 0.5) is 0 Å². The summed E-state index contributed by atoms with van der Waals surface area (Å²) in [6.07, 6.45) is 0. The molecule has 1 fully saturated rings. The lowest BCUT2D eigenvalue weighted by Gasteiger charge is -2.52. The summed E-state index contributed by atoms with van der Waals surface area (Å²) in [5.41, 5.74) is 0. The molecular weight excluding hydrogens is 461 g/mol. The van der Waals surface area contributed by atoms with E-state index in [9.17, 15) is 0 Å². The normalized spacial score (nSPS) is 25.0. The van der Waals surface area contributed by atoms with E-state index in [0.29, 0.717) is 0 Å². The van der Waals surface area contributed by atoms with Gasteiger partial charge in [-0.1, -0.05) is 69.2 Å². The summed E-state index contributed by atoms with van der Waals surface area (Å²) in [7, 11) is -12.2. The average molecular weight is 511 g/mol. The van der Waals surface area contributed by atoms with E-state index in [1.807, 2.05) is 0 Å². The van der Waals surface area contributed by atoms with Crippen molar-refractivity contribution in [2.24, 2.45) is 0 Å². The zero-order chi connectivity index (χ0) is 23.1. The first-order valence-electron chi connectivity index (χ1n) is 12.6. The third kappa shape index (κ3) is 6.06. The molecule has 0 aliphatic carbocycles. The maximum absolute atomic E-state index is 7.21. The Morgan fingerprint density at radius 3 is 0.433 bits per heavy atom. The van der Waals surface area contributed by atoms with Gasteiger partial charge in [0.25, 0.3) is 0 Å². The van der Waals surface area contributed by atoms with Crippen molar-refractivity contribution >= 4 is 42.8 Å². The van der Waals surface area contributed by atoms with E-state index in [4.69, 9.17) is 20.6 Å². The van der Waals surface area contributed by atoms with Crippen LogP contribution in [0.1, 0.15) is 69.2 Å². The summed E-state index contributed by atoms with van der Waals surface area (Å²) < 4.78 is 36.1. The van der Waals surface area contributed by atoms with E-state index in [1.165, 1.54) is 0 Å². The Hall–Kier alpha value is 0.884. The Balaban J connectivity index is 3.78. The Labute approximate surface area is 192 Å². The highest BCUT2D eigenvalue weighted by Crippen LogP contribution is 2.42. The van der Waals surface area contributed by atoms with E-state index >= 15 is 0 Å². The molecule has 0 spiro atoms. The van der Waals surface area contributed by atoms with Crippen molar-refractivity contribution < 1.29 is 20.6 Å². The van der Waals surface area contributed by atoms with Crippen LogP contribution in [0, 0.1) is 0 Å². The van der Waals surface area contributed by atoms with E-state index in [1.54, 1.807) is 0 Å². The lowest BCUT2D eigenvalue weighted by atomic mass is 10.9. The maximum Gasteiger partial charge on any atom is 0.320 e. The predicted molar refractivity (Wildman–Crippen MR) is 139 cm³/mol. The summed E-state index contributed by atoms with van der Waals surface area (Å²) in [5.74, 6) is 0. The minimum Gasteiger partial charge on any atom is -0.415 e. The first-order valence-corrected chi connectivity index (χ1v) is 23.8. The molecule has 1 saturated heterocycles. The Kier molecular flexibility index (Phi) is 11.4. The molecule has 1 rings (SSSR count). The molecule has 0 N–H and O–H groups in total. The first-order chi connectivity index (χ1) is 14.1. The number of hydrogen-bond donors (Lipinski definition) is 0. The molecule has 180 valence electrons. The second kappa shape index (κ2) is 11.8. The highest BCUT2D eigenvalue weighted by Gasteiger charge is 2.59. The van der Waals surface area contributed by atoms with Gasteiger partial charge in [-0.25, -0.2) is 0 Å². The molecule has 0 amide bonds. The SMILES string of the molecule is CC[Si]1(CC)O[Si](CC)(CC)O[Si](CC)(CC)O[Si](CC)(CC)O[Si](CC)(CC)O1. The molecule has 0 unspecified atom stereocenters. The first kappa shape index (κ1) is 28.9. The fourth-order valence-corrected chi connectivity index (χ4v) is 34.8. The largest absolute Gasteiger partial charge is 0.415 e. The minimum atomic E-state index is -2.44. The van der Waals surface area contributed by atoms with Crippen molar-refractivity contribution in [2.45, 2.75) is 130 Å². The lowest BCUT2D eigenvalue weighted by molar-refractivity contribution is 0.212. The minimum absolute atomic E-state index is 0.959. The molecule has 0 radical (unpaired) electrons. The monoisotopic (exact) mass is 510 g/mol. The lowest BCUT2D eigenvalue weighted by Crippen LogP contribution is -2.69. The Morgan fingerprint density at radius 1 is 0.267 bits per heavy atom. The third-order valence-electron chi connectivity index (χ3n) is 7.25. The van der Waals surface area contributed by atoms with E-state index in [0.717, 1.165) is 60.4 Å². The highest BCUT2D eigenvalue weighted by molar-refractivity contribution is 6.95. The van der Waals surface area contributed by atoms with Crippen molar-refractivity contribution in [3.8, 4) is 0 Å². The molecular formula is C20H50O5Si5. The van der Waals surface area contributed by atoms with Crippen molar-refractivity contribution in [1.29, 1.82) is 0 Å². The van der Waals surface area contributed by atoms with Crippen molar-refractivity contribution in [3.05, 3.63) is 0 Å². The standard InChI is InChI=1S/C20H50O5Si5/c1-11-26(12-2)21-27(13-3,14-4)23-29(17-7,18-8)25-30(19-9,20-10)24-28(15-5,16-6)22-26/h11-20H2,1-10H3. The van der Waals surface area contributed by atoms with Crippen molar-refractivity contribution in [3.63, 3.8) is 0 Å². The Bertz CT molecular complexity index is 377. The molecule has 5 nitrogen and oxygen atoms in total. The van der Waals surface area contributed by atoms with Gasteiger partial charge in [0.05, 0.1) is 0 Å². The van der Waals surface area contributed by atoms with Crippen molar-refractivity contribution in [1.82, 2.24) is 0 Å². The summed E-state index contributed by atoms with van der Waals surface area (Å²) >= 11 is 0. The van der Waals surface area contributed by atoms with Gasteiger partial charge in [-0.15, -0.1) is 0 Å². The molecule has 10 heteroatoms. The van der Waals surface area contributed by atoms with Crippen LogP contribution in [0.25, 0.3) is 0 Å². The molecule has 1 heterocycles. The molecule has 0 aromatic carbocycles. The number of rotatable bonds is 10. The van der Waals surface area contributed by atoms with Gasteiger partial charge in [0.2, 0.25) is 0 Å². The van der Waals surface area contributed by atoms with E-state index in [-0.39, 0.29) is 0 Å². The summed E-state index contributed by atoms with van der Waals surface area (Å²) in [5, 5.41) is 0. The van der Waals surface area contributed by atoms with Gasteiger partial charge >= 0.3 is 42.8 Å². The molecule has 0 atom stereocenters. The molecule has 0 aromatic rings. The van der Waals surface area contributed by atoms with Crippen LogP contribution < -0.4 is 0 Å². The van der Waals surface area contributed by atoms with Crippen LogP contribution in [-0.4, -0.2) is 42.8 Å². The Morgan fingerprint density at radius 2 is 0.367 bits per heavy atom. The summed E-state index contributed by atoms with van der Waals surface area (Å²) in [6.45, 7) is 22.5. The fraction of sp³-hybridized carbons (Fsp3) is 1.00. The van der Waals surface area contributed by atoms with Gasteiger partial charge < -0.3 is 20.6 Å². The van der Waals surface area contributed by atoms with Gasteiger partial charge in [0.1, 0.15) is 0 Å². The molecule has 0 bridgehead atoms. The van der Waals surface area contributed by atoms with Crippen LogP contribution in [-0.2, 0) is 20.6 Å². The second-order valence-electron chi connectivity index (χ2n) is 8.60. The molecule has 1 aliphatic heterocycles. The molecule has 0 saturated carbocycles.